The largest absolute Gasteiger partial charge is 0.399 e. The molecule has 0 fully saturated rings. The van der Waals surface area contributed by atoms with Crippen molar-refractivity contribution in [2.45, 2.75) is 9.10 Å². The lowest BCUT2D eigenvalue weighted by Gasteiger charge is -1.98. The molecule has 1 nitrogen and oxygen atoms in total. The van der Waals surface area contributed by atoms with E-state index in [0.717, 1.165) is 14.9 Å². The molecule has 0 bridgehead atoms. The smallest absolute Gasteiger partial charge is 0.0940 e. The SMILES string of the molecule is Nc1cccc(Sc2ccc(Cl)s2)c1. The fourth-order valence-corrected chi connectivity index (χ4v) is 3.40. The molecule has 0 atom stereocenters. The van der Waals surface area contributed by atoms with Crippen molar-refractivity contribution in [2.75, 3.05) is 5.73 Å². The molecule has 0 saturated carbocycles. The molecule has 1 aromatic heterocycles. The maximum Gasteiger partial charge on any atom is 0.0940 e. The zero-order valence-corrected chi connectivity index (χ0v) is 9.62. The van der Waals surface area contributed by atoms with Crippen molar-refractivity contribution >= 4 is 40.4 Å². The van der Waals surface area contributed by atoms with Crippen LogP contribution in [-0.2, 0) is 0 Å². The third kappa shape index (κ3) is 2.44. The Balaban J connectivity index is 2.18. The maximum absolute atomic E-state index is 5.84. The van der Waals surface area contributed by atoms with Gasteiger partial charge >= 0.3 is 0 Å². The van der Waals surface area contributed by atoms with Crippen LogP contribution in [0, 0.1) is 0 Å². The van der Waals surface area contributed by atoms with Crippen LogP contribution in [0.4, 0.5) is 5.69 Å². The predicted octanol–water partition coefficient (Wildman–Crippen LogP) is 4.13. The second-order valence-electron chi connectivity index (χ2n) is 2.73. The van der Waals surface area contributed by atoms with E-state index in [1.807, 2.05) is 36.4 Å². The van der Waals surface area contributed by atoms with E-state index >= 15 is 0 Å². The zero-order chi connectivity index (χ0) is 9.97. The van der Waals surface area contributed by atoms with E-state index in [1.54, 1.807) is 23.1 Å². The summed E-state index contributed by atoms with van der Waals surface area (Å²) in [5.41, 5.74) is 6.47. The van der Waals surface area contributed by atoms with Gasteiger partial charge in [0.25, 0.3) is 0 Å². The van der Waals surface area contributed by atoms with Crippen LogP contribution < -0.4 is 5.73 Å². The molecule has 0 aliphatic rings. The molecule has 0 aliphatic carbocycles. The number of thiophene rings is 1. The van der Waals surface area contributed by atoms with Crippen molar-refractivity contribution < 1.29 is 0 Å². The van der Waals surface area contributed by atoms with E-state index in [1.165, 1.54) is 4.21 Å². The Bertz CT molecular complexity index is 439. The summed E-state index contributed by atoms with van der Waals surface area (Å²) in [4.78, 5) is 1.14. The molecule has 2 N–H and O–H groups in total. The normalized spacial score (nSPS) is 10.4. The van der Waals surface area contributed by atoms with Crippen molar-refractivity contribution in [3.63, 3.8) is 0 Å². The van der Waals surface area contributed by atoms with Gasteiger partial charge in [0.15, 0.2) is 0 Å². The number of hydrogen-bond donors (Lipinski definition) is 1. The summed E-state index contributed by atoms with van der Waals surface area (Å²) < 4.78 is 2.00. The topological polar surface area (TPSA) is 26.0 Å². The van der Waals surface area contributed by atoms with Crippen molar-refractivity contribution in [1.29, 1.82) is 0 Å². The van der Waals surface area contributed by atoms with E-state index in [2.05, 4.69) is 0 Å². The molecule has 1 heterocycles. The minimum absolute atomic E-state index is 0.789. The summed E-state index contributed by atoms with van der Waals surface area (Å²) in [6.45, 7) is 0. The Labute approximate surface area is 95.9 Å². The maximum atomic E-state index is 5.84. The highest BCUT2D eigenvalue weighted by atomic mass is 35.5. The lowest BCUT2D eigenvalue weighted by Crippen LogP contribution is -1.82. The van der Waals surface area contributed by atoms with Crippen molar-refractivity contribution in [3.05, 3.63) is 40.7 Å². The first-order valence-electron chi connectivity index (χ1n) is 4.03. The average molecular weight is 242 g/mol. The second-order valence-corrected chi connectivity index (χ2v) is 5.82. The van der Waals surface area contributed by atoms with E-state index in [9.17, 15) is 0 Å². The molecule has 0 amide bonds. The van der Waals surface area contributed by atoms with Crippen LogP contribution in [-0.4, -0.2) is 0 Å². The highest BCUT2D eigenvalue weighted by Crippen LogP contribution is 2.35. The number of nitrogens with two attached hydrogens (primary N) is 1. The summed E-state index contributed by atoms with van der Waals surface area (Å²) in [5.74, 6) is 0. The van der Waals surface area contributed by atoms with E-state index < -0.39 is 0 Å². The van der Waals surface area contributed by atoms with E-state index in [-0.39, 0.29) is 0 Å². The number of hydrogen-bond acceptors (Lipinski definition) is 3. The minimum atomic E-state index is 0.789. The summed E-state index contributed by atoms with van der Waals surface area (Å²) in [6.07, 6.45) is 0. The predicted molar refractivity (Wildman–Crippen MR) is 64.3 cm³/mol. The lowest BCUT2D eigenvalue weighted by molar-refractivity contribution is 1.46. The van der Waals surface area contributed by atoms with Gasteiger partial charge in [-0.15, -0.1) is 11.3 Å². The van der Waals surface area contributed by atoms with Gasteiger partial charge in [-0.3, -0.25) is 0 Å². The Morgan fingerprint density at radius 1 is 1.21 bits per heavy atom. The van der Waals surface area contributed by atoms with E-state index in [0.29, 0.717) is 0 Å². The van der Waals surface area contributed by atoms with Gasteiger partial charge < -0.3 is 5.73 Å². The Kier molecular flexibility index (Phi) is 3.01. The van der Waals surface area contributed by atoms with Crippen molar-refractivity contribution in [2.24, 2.45) is 0 Å². The first-order chi connectivity index (χ1) is 6.74. The molecule has 4 heteroatoms. The zero-order valence-electron chi connectivity index (χ0n) is 7.24. The quantitative estimate of drug-likeness (QED) is 0.800. The monoisotopic (exact) mass is 241 g/mol. The molecule has 0 saturated heterocycles. The molecule has 0 unspecified atom stereocenters. The molecule has 72 valence electrons. The second kappa shape index (κ2) is 4.26. The number of benzene rings is 1. The van der Waals surface area contributed by atoms with Gasteiger partial charge in [-0.2, -0.15) is 0 Å². The minimum Gasteiger partial charge on any atom is -0.399 e. The number of nitrogen functional groups attached to an aromatic ring is 1. The van der Waals surface area contributed by atoms with Crippen LogP contribution in [0.5, 0.6) is 0 Å². The van der Waals surface area contributed by atoms with E-state index in [4.69, 9.17) is 17.3 Å². The summed E-state index contributed by atoms with van der Waals surface area (Å²) in [7, 11) is 0. The highest BCUT2D eigenvalue weighted by molar-refractivity contribution is 8.01. The fraction of sp³-hybridized carbons (Fsp3) is 0. The van der Waals surface area contributed by atoms with Crippen LogP contribution in [0.3, 0.4) is 0 Å². The molecule has 0 radical (unpaired) electrons. The Hall–Kier alpha value is -0.640. The number of anilines is 1. The van der Waals surface area contributed by atoms with Crippen LogP contribution in [0.15, 0.2) is 45.5 Å². The summed E-state index contributed by atoms with van der Waals surface area (Å²) >= 11 is 9.09. The third-order valence-corrected chi connectivity index (χ3v) is 3.98. The number of halogens is 1. The Morgan fingerprint density at radius 3 is 2.71 bits per heavy atom. The molecule has 2 aromatic rings. The van der Waals surface area contributed by atoms with Crippen molar-refractivity contribution in [3.8, 4) is 0 Å². The first-order valence-corrected chi connectivity index (χ1v) is 6.04. The van der Waals surface area contributed by atoms with Crippen molar-refractivity contribution in [1.82, 2.24) is 0 Å². The van der Waals surface area contributed by atoms with Crippen LogP contribution >= 0.6 is 34.7 Å². The summed E-state index contributed by atoms with van der Waals surface area (Å²) in [5, 5.41) is 0. The van der Waals surface area contributed by atoms with Gasteiger partial charge in [-0.1, -0.05) is 29.4 Å². The number of rotatable bonds is 2. The van der Waals surface area contributed by atoms with Gasteiger partial charge in [-0.25, -0.2) is 0 Å². The van der Waals surface area contributed by atoms with Gasteiger partial charge in [0.1, 0.15) is 0 Å². The molecule has 2 rings (SSSR count). The van der Waals surface area contributed by atoms with Crippen LogP contribution in [0.1, 0.15) is 0 Å². The van der Waals surface area contributed by atoms with Gasteiger partial charge in [0.2, 0.25) is 0 Å². The Morgan fingerprint density at radius 2 is 2.07 bits per heavy atom. The highest BCUT2D eigenvalue weighted by Gasteiger charge is 2.00. The van der Waals surface area contributed by atoms with Crippen LogP contribution in [0.2, 0.25) is 4.34 Å². The first kappa shape index (κ1) is 9.90. The van der Waals surface area contributed by atoms with Gasteiger partial charge in [0.05, 0.1) is 8.55 Å². The molecule has 1 aromatic carbocycles. The standard InChI is InChI=1S/C10H8ClNS2/c11-9-4-5-10(14-9)13-8-3-1-2-7(12)6-8/h1-6H,12H2. The third-order valence-electron chi connectivity index (χ3n) is 1.63. The average Bonchev–Trinajstić information content (AvgIpc) is 2.51. The summed E-state index contributed by atoms with van der Waals surface area (Å²) in [6, 6.07) is 11.7. The molecular formula is C10H8ClNS2. The molecule has 0 aliphatic heterocycles. The van der Waals surface area contributed by atoms with Gasteiger partial charge in [0, 0.05) is 10.6 Å². The molecule has 0 spiro atoms. The molecular weight excluding hydrogens is 234 g/mol. The fourth-order valence-electron chi connectivity index (χ4n) is 1.05. The molecule has 14 heavy (non-hydrogen) atoms. The van der Waals surface area contributed by atoms with Gasteiger partial charge in [-0.05, 0) is 30.3 Å². The van der Waals surface area contributed by atoms with Crippen LogP contribution in [0.25, 0.3) is 0 Å². The lowest BCUT2D eigenvalue weighted by atomic mass is 10.3.